The number of carbonyl (C=O) groups excluding carboxylic acids is 2. The van der Waals surface area contributed by atoms with E-state index >= 15 is 0 Å². The number of hydroxylamine groups is 1. The van der Waals surface area contributed by atoms with E-state index in [2.05, 4.69) is 33.5 Å². The summed E-state index contributed by atoms with van der Waals surface area (Å²) in [7, 11) is 0. The molecule has 1 aromatic carbocycles. The first kappa shape index (κ1) is 16.9. The Kier molecular flexibility index (Phi) is 6.54. The summed E-state index contributed by atoms with van der Waals surface area (Å²) >= 11 is 0. The first-order chi connectivity index (χ1) is 11.2. The summed E-state index contributed by atoms with van der Waals surface area (Å²) in [6.45, 7) is 1.68. The standard InChI is InChI=1S/C18H22N2O3/c1-2-18(22)23-20-17(21)11-5-3-4-9-15-13-12-14-8-6-7-10-16(14)19-15/h6-8,10,12-13H,2-5,9,11H2,1H3,(H,20,21). The normalized spacial score (nSPS) is 10.5. The number of para-hydroxylation sites is 1. The van der Waals surface area contributed by atoms with Gasteiger partial charge in [-0.05, 0) is 31.4 Å². The molecule has 0 bridgehead atoms. The second-order valence-electron chi connectivity index (χ2n) is 5.41. The average molecular weight is 314 g/mol. The van der Waals surface area contributed by atoms with Crippen molar-refractivity contribution in [1.82, 2.24) is 10.5 Å². The van der Waals surface area contributed by atoms with Crippen LogP contribution in [0.2, 0.25) is 0 Å². The molecule has 5 nitrogen and oxygen atoms in total. The molecule has 1 heterocycles. The fourth-order valence-corrected chi connectivity index (χ4v) is 2.25. The van der Waals surface area contributed by atoms with Crippen LogP contribution in [0.5, 0.6) is 0 Å². The maximum Gasteiger partial charge on any atom is 0.331 e. The Labute approximate surface area is 136 Å². The Balaban J connectivity index is 1.64. The van der Waals surface area contributed by atoms with Crippen LogP contribution in [-0.4, -0.2) is 16.9 Å². The Morgan fingerprint density at radius 3 is 2.74 bits per heavy atom. The van der Waals surface area contributed by atoms with E-state index in [0.717, 1.165) is 42.3 Å². The Morgan fingerprint density at radius 1 is 1.09 bits per heavy atom. The summed E-state index contributed by atoms with van der Waals surface area (Å²) in [5.74, 6) is -0.684. The van der Waals surface area contributed by atoms with Crippen molar-refractivity contribution in [2.75, 3.05) is 0 Å². The van der Waals surface area contributed by atoms with Crippen LogP contribution < -0.4 is 5.48 Å². The second-order valence-corrected chi connectivity index (χ2v) is 5.41. The lowest BCUT2D eigenvalue weighted by Gasteiger charge is -2.05. The molecule has 0 saturated heterocycles. The van der Waals surface area contributed by atoms with E-state index in [1.807, 2.05) is 18.2 Å². The van der Waals surface area contributed by atoms with Gasteiger partial charge in [-0.2, -0.15) is 5.48 Å². The molecule has 0 saturated carbocycles. The fraction of sp³-hybridized carbons (Fsp3) is 0.389. The number of unbranched alkanes of at least 4 members (excludes halogenated alkanes) is 2. The highest BCUT2D eigenvalue weighted by atomic mass is 16.7. The number of hydrogen-bond acceptors (Lipinski definition) is 4. The van der Waals surface area contributed by atoms with Crippen molar-refractivity contribution in [2.45, 2.75) is 45.4 Å². The number of aromatic nitrogens is 1. The predicted octanol–water partition coefficient (Wildman–Crippen LogP) is 3.32. The van der Waals surface area contributed by atoms with Gasteiger partial charge >= 0.3 is 5.97 Å². The number of aryl methyl sites for hydroxylation is 1. The minimum atomic E-state index is -0.430. The predicted molar refractivity (Wildman–Crippen MR) is 88.4 cm³/mol. The largest absolute Gasteiger partial charge is 0.341 e. The van der Waals surface area contributed by atoms with E-state index in [0.29, 0.717) is 6.42 Å². The molecule has 0 spiro atoms. The van der Waals surface area contributed by atoms with Crippen LogP contribution in [-0.2, 0) is 20.8 Å². The number of rotatable bonds is 7. The monoisotopic (exact) mass is 314 g/mol. The zero-order chi connectivity index (χ0) is 16.5. The third kappa shape index (κ3) is 5.70. The molecule has 1 N–H and O–H groups in total. The van der Waals surface area contributed by atoms with Gasteiger partial charge in [-0.3, -0.25) is 9.78 Å². The molecule has 0 atom stereocenters. The van der Waals surface area contributed by atoms with Gasteiger partial charge in [-0.25, -0.2) is 4.79 Å². The Morgan fingerprint density at radius 2 is 1.91 bits per heavy atom. The van der Waals surface area contributed by atoms with E-state index < -0.39 is 5.97 Å². The van der Waals surface area contributed by atoms with Crippen molar-refractivity contribution in [2.24, 2.45) is 0 Å². The molecule has 23 heavy (non-hydrogen) atoms. The summed E-state index contributed by atoms with van der Waals surface area (Å²) in [5.41, 5.74) is 4.25. The van der Waals surface area contributed by atoms with Crippen molar-refractivity contribution in [3.8, 4) is 0 Å². The third-order valence-electron chi connectivity index (χ3n) is 3.56. The van der Waals surface area contributed by atoms with Crippen molar-refractivity contribution in [3.05, 3.63) is 42.1 Å². The number of amides is 1. The smallest absolute Gasteiger partial charge is 0.331 e. The Bertz CT molecular complexity index is 670. The number of benzene rings is 1. The molecule has 1 amide bonds. The molecule has 5 heteroatoms. The van der Waals surface area contributed by atoms with Crippen LogP contribution in [0, 0.1) is 0 Å². The molecular weight excluding hydrogens is 292 g/mol. The molecule has 1 aromatic heterocycles. The number of carbonyl (C=O) groups is 2. The van der Waals surface area contributed by atoms with E-state index in [1.165, 1.54) is 0 Å². The van der Waals surface area contributed by atoms with Crippen LogP contribution in [0.3, 0.4) is 0 Å². The summed E-state index contributed by atoms with van der Waals surface area (Å²) in [6.07, 6.45) is 4.19. The number of nitrogens with one attached hydrogen (secondary N) is 1. The topological polar surface area (TPSA) is 68.3 Å². The number of hydrogen-bond donors (Lipinski definition) is 1. The molecule has 0 aliphatic rings. The van der Waals surface area contributed by atoms with Gasteiger partial charge in [0.05, 0.1) is 5.52 Å². The van der Waals surface area contributed by atoms with Gasteiger partial charge in [0.2, 0.25) is 0 Å². The maximum absolute atomic E-state index is 11.4. The first-order valence-electron chi connectivity index (χ1n) is 8.02. The summed E-state index contributed by atoms with van der Waals surface area (Å²) < 4.78 is 0. The average Bonchev–Trinajstić information content (AvgIpc) is 2.59. The molecule has 0 radical (unpaired) electrons. The molecule has 0 fully saturated rings. The number of fused-ring (bicyclic) bond motifs is 1. The Hall–Kier alpha value is -2.43. The van der Waals surface area contributed by atoms with Gasteiger partial charge in [-0.1, -0.05) is 37.6 Å². The van der Waals surface area contributed by atoms with Gasteiger partial charge in [0.25, 0.3) is 5.91 Å². The molecule has 0 unspecified atom stereocenters. The maximum atomic E-state index is 11.4. The SMILES string of the molecule is CCC(=O)ONC(=O)CCCCCc1ccc2ccccc2n1. The number of nitrogens with zero attached hydrogens (tertiary/aromatic N) is 1. The van der Waals surface area contributed by atoms with Crippen LogP contribution in [0.15, 0.2) is 36.4 Å². The summed E-state index contributed by atoms with van der Waals surface area (Å²) in [6, 6.07) is 12.2. The zero-order valence-corrected chi connectivity index (χ0v) is 13.4. The summed E-state index contributed by atoms with van der Waals surface area (Å²) in [5, 5.41) is 1.15. The molecule has 0 aliphatic carbocycles. The lowest BCUT2D eigenvalue weighted by Crippen LogP contribution is -2.26. The highest BCUT2D eigenvalue weighted by molar-refractivity contribution is 5.78. The van der Waals surface area contributed by atoms with Gasteiger partial charge < -0.3 is 4.84 Å². The minimum Gasteiger partial charge on any atom is -0.341 e. The molecule has 122 valence electrons. The fourth-order valence-electron chi connectivity index (χ4n) is 2.25. The van der Waals surface area contributed by atoms with Crippen LogP contribution >= 0.6 is 0 Å². The minimum absolute atomic E-state index is 0.249. The van der Waals surface area contributed by atoms with Gasteiger partial charge in [-0.15, -0.1) is 0 Å². The van der Waals surface area contributed by atoms with Crippen molar-refractivity contribution in [3.63, 3.8) is 0 Å². The van der Waals surface area contributed by atoms with Gasteiger partial charge in [0.15, 0.2) is 0 Å². The van der Waals surface area contributed by atoms with E-state index in [4.69, 9.17) is 0 Å². The lowest BCUT2D eigenvalue weighted by atomic mass is 10.1. The van der Waals surface area contributed by atoms with Crippen LogP contribution in [0.25, 0.3) is 10.9 Å². The highest BCUT2D eigenvalue weighted by Crippen LogP contribution is 2.13. The first-order valence-corrected chi connectivity index (χ1v) is 8.02. The lowest BCUT2D eigenvalue weighted by molar-refractivity contribution is -0.158. The van der Waals surface area contributed by atoms with Gasteiger partial charge in [0.1, 0.15) is 0 Å². The van der Waals surface area contributed by atoms with Gasteiger partial charge in [0, 0.05) is 23.9 Å². The molecule has 0 aliphatic heterocycles. The van der Waals surface area contributed by atoms with Crippen LogP contribution in [0.4, 0.5) is 0 Å². The number of pyridine rings is 1. The van der Waals surface area contributed by atoms with Crippen molar-refractivity contribution < 1.29 is 14.4 Å². The quantitative estimate of drug-likeness (QED) is 0.629. The second kappa shape index (κ2) is 8.88. The molecular formula is C18H22N2O3. The zero-order valence-electron chi connectivity index (χ0n) is 13.4. The molecule has 2 aromatic rings. The third-order valence-corrected chi connectivity index (χ3v) is 3.56. The van der Waals surface area contributed by atoms with E-state index in [-0.39, 0.29) is 12.3 Å². The van der Waals surface area contributed by atoms with Crippen molar-refractivity contribution >= 4 is 22.8 Å². The summed E-state index contributed by atoms with van der Waals surface area (Å²) in [4.78, 5) is 31.5. The van der Waals surface area contributed by atoms with E-state index in [1.54, 1.807) is 6.92 Å². The van der Waals surface area contributed by atoms with E-state index in [9.17, 15) is 9.59 Å². The van der Waals surface area contributed by atoms with Crippen molar-refractivity contribution in [1.29, 1.82) is 0 Å². The molecule has 2 rings (SSSR count). The van der Waals surface area contributed by atoms with Crippen LogP contribution in [0.1, 0.15) is 44.7 Å². The highest BCUT2D eigenvalue weighted by Gasteiger charge is 2.05.